The van der Waals surface area contributed by atoms with Gasteiger partial charge in [0.1, 0.15) is 0 Å². The normalized spacial score (nSPS) is 11.5. The second kappa shape index (κ2) is 14.9. The van der Waals surface area contributed by atoms with Gasteiger partial charge in [-0.05, 0) is 24.3 Å². The van der Waals surface area contributed by atoms with Crippen LogP contribution in [0.25, 0.3) is 67.0 Å². The summed E-state index contributed by atoms with van der Waals surface area (Å²) in [6, 6.07) is 43.3. The number of aromatic nitrogens is 4. The third-order valence-electron chi connectivity index (χ3n) is 8.79. The summed E-state index contributed by atoms with van der Waals surface area (Å²) in [7, 11) is 2.02. The molecule has 0 spiro atoms. The Morgan fingerprint density at radius 2 is 1.54 bits per heavy atom. The first-order valence-corrected chi connectivity index (χ1v) is 24.2. The molecule has 0 amide bonds. The Morgan fingerprint density at radius 1 is 0.780 bits per heavy atom. The van der Waals surface area contributed by atoms with Crippen molar-refractivity contribution in [3.05, 3.63) is 133 Å². The molecule has 0 bridgehead atoms. The summed E-state index contributed by atoms with van der Waals surface area (Å²) in [5.74, 6) is 8.83. The minimum atomic E-state index is -1.86. The maximum absolute atomic E-state index is 6.26. The molecule has 253 valence electrons. The Kier molecular flexibility index (Phi) is 10.5. The molecule has 0 saturated heterocycles. The van der Waals surface area contributed by atoms with E-state index in [2.05, 4.69) is 90.4 Å². The van der Waals surface area contributed by atoms with Gasteiger partial charge >= 0.3 is 126 Å². The van der Waals surface area contributed by atoms with Crippen LogP contribution < -0.4 is 4.40 Å². The molecule has 8 rings (SSSR count). The van der Waals surface area contributed by atoms with Crippen LogP contribution in [0.5, 0.6) is 0 Å². The average Bonchev–Trinajstić information content (AvgIpc) is 3.65. The minimum absolute atomic E-state index is 0. The van der Waals surface area contributed by atoms with Crippen LogP contribution in [0.15, 0.2) is 120 Å². The molecule has 8 aromatic rings. The predicted molar refractivity (Wildman–Crippen MR) is 206 cm³/mol. The summed E-state index contributed by atoms with van der Waals surface area (Å²) in [4.78, 5) is 14.3. The van der Waals surface area contributed by atoms with Crippen LogP contribution in [0.2, 0.25) is 17.3 Å². The Balaban J connectivity index is 0.000000182. The van der Waals surface area contributed by atoms with Crippen LogP contribution in [0.4, 0.5) is 0 Å². The largest absolute Gasteiger partial charge is 0.486 e. The molecule has 0 aliphatic heterocycles. The minimum Gasteiger partial charge on any atom is -0.486 e. The van der Waals surface area contributed by atoms with Gasteiger partial charge in [-0.1, -0.05) is 53.4 Å². The molecule has 0 N–H and O–H groups in total. The Bertz CT molecular complexity index is 2390. The molecule has 5 nitrogen and oxygen atoms in total. The van der Waals surface area contributed by atoms with Gasteiger partial charge in [-0.25, -0.2) is 4.98 Å². The van der Waals surface area contributed by atoms with E-state index >= 15 is 0 Å². The third-order valence-corrected chi connectivity index (χ3v) is 13.1. The molecule has 0 aliphatic rings. The van der Waals surface area contributed by atoms with Crippen molar-refractivity contribution < 1.29 is 24.5 Å². The van der Waals surface area contributed by atoms with Crippen LogP contribution in [0.1, 0.15) is 19.4 Å². The van der Waals surface area contributed by atoms with Gasteiger partial charge in [-0.3, -0.25) is 4.98 Å². The summed E-state index contributed by atoms with van der Waals surface area (Å²) in [6.07, 6.45) is 3.27. The van der Waals surface area contributed by atoms with E-state index in [1.807, 2.05) is 79.8 Å². The molecule has 0 fully saturated rings. The monoisotopic (exact) mass is 895 g/mol. The van der Waals surface area contributed by atoms with E-state index in [-0.39, 0.29) is 20.1 Å². The fraction of sp³-hybridized carbons (Fsp3) is 0.186. The van der Waals surface area contributed by atoms with Gasteiger partial charge in [0, 0.05) is 38.1 Å². The second-order valence-electron chi connectivity index (χ2n) is 13.9. The molecule has 0 atom stereocenters. The van der Waals surface area contributed by atoms with Gasteiger partial charge < -0.3 is 8.98 Å². The number of nitrogens with zero attached hydrogens (tertiary/aromatic N) is 4. The number of rotatable bonds is 6. The van der Waals surface area contributed by atoms with E-state index < -0.39 is 13.3 Å². The summed E-state index contributed by atoms with van der Waals surface area (Å²) < 4.78 is 9.88. The zero-order valence-electron chi connectivity index (χ0n) is 29.3. The Morgan fingerprint density at radius 3 is 2.26 bits per heavy atom. The molecular formula is C43H40GeIrN4O-2. The molecule has 0 saturated carbocycles. The van der Waals surface area contributed by atoms with Gasteiger partial charge in [-0.15, -0.1) is 18.2 Å². The smallest absolute Gasteiger partial charge is 0.216 e. The molecule has 0 aliphatic carbocycles. The van der Waals surface area contributed by atoms with Gasteiger partial charge in [0.05, 0.1) is 28.1 Å². The summed E-state index contributed by atoms with van der Waals surface area (Å²) >= 11 is -1.86. The van der Waals surface area contributed by atoms with Gasteiger partial charge in [0.15, 0.2) is 0 Å². The summed E-state index contributed by atoms with van der Waals surface area (Å²) in [5, 5.41) is 2.02. The van der Waals surface area contributed by atoms with Crippen LogP contribution >= 0.6 is 0 Å². The fourth-order valence-corrected chi connectivity index (χ4v) is 9.74. The first kappa shape index (κ1) is 35.5. The van der Waals surface area contributed by atoms with E-state index in [0.29, 0.717) is 11.6 Å². The van der Waals surface area contributed by atoms with Gasteiger partial charge in [0.25, 0.3) is 0 Å². The van der Waals surface area contributed by atoms with Crippen molar-refractivity contribution in [1.29, 1.82) is 0 Å². The molecule has 50 heavy (non-hydrogen) atoms. The molecule has 7 heteroatoms. The van der Waals surface area contributed by atoms with Crippen molar-refractivity contribution in [2.24, 2.45) is 13.0 Å². The number of pyridine rings is 2. The van der Waals surface area contributed by atoms with Crippen LogP contribution in [0, 0.1) is 18.1 Å². The van der Waals surface area contributed by atoms with E-state index in [9.17, 15) is 0 Å². The fourth-order valence-electron chi connectivity index (χ4n) is 6.41. The standard InChI is InChI=1S/C25H16N3O.C18H24GeN.Ir/c1-28-22-13-6-5-12-21(22)26-24(28)19-11-7-10-17-18-14-15-20(16-8-3-2-4-9-16)27-25(18)29-23(17)19;1-14(2)11-16-12-18(15-9-7-6-8-10-15)20-13-17(16)19(3,4)5;/h2-10,12-15H,1H3;6-9,12-14H,11H2,1-5H3;/q2*-1;. The number of para-hydroxylation sites is 2. The maximum Gasteiger partial charge on any atom is 0.216 e. The predicted octanol–water partition coefficient (Wildman–Crippen LogP) is 10.3. The van der Waals surface area contributed by atoms with Crippen molar-refractivity contribution in [2.75, 3.05) is 0 Å². The number of aryl methyl sites for hydroxylation is 1. The van der Waals surface area contributed by atoms with Crippen molar-refractivity contribution in [3.8, 4) is 33.9 Å². The van der Waals surface area contributed by atoms with Gasteiger partial charge in [-0.2, -0.15) is 0 Å². The molecule has 4 heterocycles. The topological polar surface area (TPSA) is 56.7 Å². The van der Waals surface area contributed by atoms with Crippen molar-refractivity contribution >= 4 is 50.8 Å². The average molecular weight is 894 g/mol. The Labute approximate surface area is 310 Å². The van der Waals surface area contributed by atoms with E-state index in [1.165, 1.54) is 5.56 Å². The number of imidazole rings is 1. The SMILES string of the molecule is CC(C)Cc1cc(-c2[c-]cccc2)nc[c]1[Ge]([CH3])([CH3])[CH3].Cn1c(-c2[c-]ccc3c2oc2nc(-c4ccccc4)ccc23)nc2ccccc21.[Ir]. The quantitative estimate of drug-likeness (QED) is 0.123. The van der Waals surface area contributed by atoms with E-state index in [4.69, 9.17) is 19.4 Å². The maximum atomic E-state index is 6.26. The van der Waals surface area contributed by atoms with Crippen LogP contribution in [-0.4, -0.2) is 32.8 Å². The molecule has 1 radical (unpaired) electrons. The zero-order valence-corrected chi connectivity index (χ0v) is 33.8. The van der Waals surface area contributed by atoms with Gasteiger partial charge in [0.2, 0.25) is 5.71 Å². The summed E-state index contributed by atoms with van der Waals surface area (Å²) in [6.45, 7) is 4.57. The number of fused-ring (bicyclic) bond motifs is 4. The number of hydrogen-bond donors (Lipinski definition) is 0. The van der Waals surface area contributed by atoms with Crippen molar-refractivity contribution in [2.45, 2.75) is 37.5 Å². The van der Waals surface area contributed by atoms with Crippen LogP contribution in [-0.2, 0) is 33.6 Å². The third kappa shape index (κ3) is 7.25. The number of furan rings is 1. The molecular weight excluding hydrogens is 853 g/mol. The number of hydrogen-bond acceptors (Lipinski definition) is 4. The molecule has 4 aromatic carbocycles. The van der Waals surface area contributed by atoms with E-state index in [0.717, 1.165) is 67.7 Å². The second-order valence-corrected chi connectivity index (χ2v) is 24.5. The van der Waals surface area contributed by atoms with E-state index in [1.54, 1.807) is 4.40 Å². The Hall–Kier alpha value is -4.36. The zero-order chi connectivity index (χ0) is 34.1. The molecule has 4 aromatic heterocycles. The van der Waals surface area contributed by atoms with Crippen LogP contribution in [0.3, 0.4) is 0 Å². The number of benzene rings is 4. The summed E-state index contributed by atoms with van der Waals surface area (Å²) in [5.41, 5.74) is 9.86. The first-order valence-electron chi connectivity index (χ1n) is 16.8. The molecule has 0 unspecified atom stereocenters. The first-order chi connectivity index (χ1) is 23.7. The van der Waals surface area contributed by atoms with Crippen molar-refractivity contribution in [1.82, 2.24) is 19.5 Å². The van der Waals surface area contributed by atoms with Crippen molar-refractivity contribution in [3.63, 3.8) is 0 Å².